The van der Waals surface area contributed by atoms with Gasteiger partial charge in [-0.1, -0.05) is 11.6 Å². The molecule has 1 rings (SSSR count). The van der Waals surface area contributed by atoms with Gasteiger partial charge in [0.25, 0.3) is 5.69 Å². The van der Waals surface area contributed by atoms with Gasteiger partial charge in [0.05, 0.1) is 16.6 Å². The van der Waals surface area contributed by atoms with Gasteiger partial charge in [-0.3, -0.25) is 10.1 Å². The molecule has 0 spiro atoms. The van der Waals surface area contributed by atoms with Crippen molar-refractivity contribution in [3.8, 4) is 0 Å². The molecule has 0 aliphatic rings. The van der Waals surface area contributed by atoms with Crippen molar-refractivity contribution in [1.82, 2.24) is 4.31 Å². The number of rotatable bonds is 5. The number of nitro groups is 1. The van der Waals surface area contributed by atoms with Gasteiger partial charge >= 0.3 is 0 Å². The third-order valence-corrected chi connectivity index (χ3v) is 5.12. The average Bonchev–Trinajstić information content (AvgIpc) is 2.36. The molecule has 19 heavy (non-hydrogen) atoms. The van der Waals surface area contributed by atoms with Gasteiger partial charge in [0.1, 0.15) is 4.90 Å². The number of nitro benzene ring substituents is 1. The topological polar surface area (TPSA) is 101 Å². The second-order valence-corrected chi connectivity index (χ2v) is 6.30. The standard InChI is InChI=1S/C10H13ClN2O5S/c1-7(6-14)12(2)19(17,18)10-4-3-8(13(15)16)5-9(10)11/h3-5,7,14H,6H2,1-2H3/t7-/m1/s1. The van der Waals surface area contributed by atoms with E-state index in [0.29, 0.717) is 0 Å². The molecule has 1 atom stereocenters. The lowest BCUT2D eigenvalue weighted by Gasteiger charge is -2.22. The maximum absolute atomic E-state index is 12.2. The summed E-state index contributed by atoms with van der Waals surface area (Å²) in [5.41, 5.74) is -0.290. The van der Waals surface area contributed by atoms with E-state index in [0.717, 1.165) is 22.5 Å². The molecule has 0 fully saturated rings. The third kappa shape index (κ3) is 3.21. The van der Waals surface area contributed by atoms with Crippen molar-refractivity contribution in [3.63, 3.8) is 0 Å². The highest BCUT2D eigenvalue weighted by Gasteiger charge is 2.28. The van der Waals surface area contributed by atoms with Crippen molar-refractivity contribution < 1.29 is 18.4 Å². The molecule has 1 aromatic rings. The zero-order chi connectivity index (χ0) is 14.8. The summed E-state index contributed by atoms with van der Waals surface area (Å²) >= 11 is 5.78. The molecule has 9 heteroatoms. The van der Waals surface area contributed by atoms with E-state index in [2.05, 4.69) is 0 Å². The Balaban J connectivity index is 3.27. The van der Waals surface area contributed by atoms with Gasteiger partial charge in [-0.2, -0.15) is 4.31 Å². The maximum Gasteiger partial charge on any atom is 0.271 e. The lowest BCUT2D eigenvalue weighted by molar-refractivity contribution is -0.384. The molecule has 0 aliphatic carbocycles. The molecule has 0 heterocycles. The van der Waals surface area contributed by atoms with Crippen LogP contribution in [0.15, 0.2) is 23.1 Å². The molecule has 0 aromatic heterocycles. The Kier molecular flexibility index (Phi) is 4.86. The van der Waals surface area contributed by atoms with Crippen LogP contribution in [0, 0.1) is 10.1 Å². The van der Waals surface area contributed by atoms with E-state index in [1.54, 1.807) is 0 Å². The normalized spacial score (nSPS) is 13.5. The molecule has 0 bridgehead atoms. The number of benzene rings is 1. The Morgan fingerprint density at radius 2 is 2.11 bits per heavy atom. The van der Waals surface area contributed by atoms with Crippen LogP contribution in [0.3, 0.4) is 0 Å². The Hall–Kier alpha value is -1.22. The predicted molar refractivity (Wildman–Crippen MR) is 69.6 cm³/mol. The molecule has 0 amide bonds. The van der Waals surface area contributed by atoms with Gasteiger partial charge in [0.15, 0.2) is 0 Å². The quantitative estimate of drug-likeness (QED) is 0.651. The van der Waals surface area contributed by atoms with E-state index in [1.807, 2.05) is 0 Å². The predicted octanol–water partition coefficient (Wildman–Crippen LogP) is 1.25. The molecule has 0 saturated heterocycles. The van der Waals surface area contributed by atoms with Gasteiger partial charge in [0.2, 0.25) is 10.0 Å². The number of hydrogen-bond donors (Lipinski definition) is 1. The molecular weight excluding hydrogens is 296 g/mol. The highest BCUT2D eigenvalue weighted by molar-refractivity contribution is 7.89. The summed E-state index contributed by atoms with van der Waals surface area (Å²) in [4.78, 5) is 9.66. The van der Waals surface area contributed by atoms with Gasteiger partial charge in [0, 0.05) is 25.2 Å². The van der Waals surface area contributed by atoms with E-state index < -0.39 is 21.0 Å². The number of sulfonamides is 1. The number of aliphatic hydroxyl groups excluding tert-OH is 1. The Morgan fingerprint density at radius 3 is 2.53 bits per heavy atom. The van der Waals surface area contributed by atoms with Crippen molar-refractivity contribution >= 4 is 27.3 Å². The number of likely N-dealkylation sites (N-methyl/N-ethyl adjacent to an activating group) is 1. The first-order chi connectivity index (χ1) is 8.71. The Bertz CT molecular complexity index is 590. The van der Waals surface area contributed by atoms with E-state index in [1.165, 1.54) is 14.0 Å². The van der Waals surface area contributed by atoms with E-state index in [4.69, 9.17) is 16.7 Å². The van der Waals surface area contributed by atoms with Crippen molar-refractivity contribution in [1.29, 1.82) is 0 Å². The van der Waals surface area contributed by atoms with Crippen LogP contribution in [0.1, 0.15) is 6.92 Å². The fourth-order valence-corrected chi connectivity index (χ4v) is 3.18. The lowest BCUT2D eigenvalue weighted by atomic mass is 10.3. The van der Waals surface area contributed by atoms with Crippen LogP contribution < -0.4 is 0 Å². The molecule has 0 radical (unpaired) electrons. The van der Waals surface area contributed by atoms with E-state index >= 15 is 0 Å². The fourth-order valence-electron chi connectivity index (χ4n) is 1.32. The molecule has 1 aromatic carbocycles. The fraction of sp³-hybridized carbons (Fsp3) is 0.400. The van der Waals surface area contributed by atoms with Crippen LogP contribution >= 0.6 is 11.6 Å². The molecule has 0 saturated carbocycles. The minimum atomic E-state index is -3.90. The largest absolute Gasteiger partial charge is 0.395 e. The second-order valence-electron chi connectivity index (χ2n) is 3.92. The lowest BCUT2D eigenvalue weighted by Crippen LogP contribution is -2.37. The Labute approximate surface area is 115 Å². The minimum absolute atomic E-state index is 0.230. The first kappa shape index (κ1) is 15.8. The highest BCUT2D eigenvalue weighted by Crippen LogP contribution is 2.28. The van der Waals surface area contributed by atoms with Crippen LogP contribution in [0.2, 0.25) is 5.02 Å². The summed E-state index contributed by atoms with van der Waals surface area (Å²) in [6.07, 6.45) is 0. The SMILES string of the molecule is C[C@H](CO)N(C)S(=O)(=O)c1ccc([N+](=O)[O-])cc1Cl. The molecule has 0 unspecified atom stereocenters. The van der Waals surface area contributed by atoms with Crippen molar-refractivity contribution in [2.75, 3.05) is 13.7 Å². The first-order valence-corrected chi connectivity index (χ1v) is 7.06. The van der Waals surface area contributed by atoms with Crippen molar-refractivity contribution in [3.05, 3.63) is 33.3 Å². The first-order valence-electron chi connectivity index (χ1n) is 5.24. The summed E-state index contributed by atoms with van der Waals surface area (Å²) in [7, 11) is -2.61. The van der Waals surface area contributed by atoms with Crippen LogP contribution in [0.25, 0.3) is 0 Å². The van der Waals surface area contributed by atoms with Gasteiger partial charge in [-0.05, 0) is 13.0 Å². The molecule has 106 valence electrons. The summed E-state index contributed by atoms with van der Waals surface area (Å²) in [5.74, 6) is 0. The van der Waals surface area contributed by atoms with Gasteiger partial charge < -0.3 is 5.11 Å². The molecule has 1 N–H and O–H groups in total. The zero-order valence-electron chi connectivity index (χ0n) is 10.3. The van der Waals surface area contributed by atoms with Gasteiger partial charge in [-0.25, -0.2) is 8.42 Å². The minimum Gasteiger partial charge on any atom is -0.395 e. The van der Waals surface area contributed by atoms with Crippen LogP contribution in [-0.2, 0) is 10.0 Å². The summed E-state index contributed by atoms with van der Waals surface area (Å²) in [5, 5.41) is 19.3. The molecular formula is C10H13ClN2O5S. The summed E-state index contributed by atoms with van der Waals surface area (Å²) in [6, 6.07) is 2.50. The molecule has 0 aliphatic heterocycles. The maximum atomic E-state index is 12.2. The second kappa shape index (κ2) is 5.83. The summed E-state index contributed by atoms with van der Waals surface area (Å²) < 4.78 is 25.3. The Morgan fingerprint density at radius 1 is 1.53 bits per heavy atom. The number of non-ortho nitro benzene ring substituents is 1. The average molecular weight is 309 g/mol. The zero-order valence-corrected chi connectivity index (χ0v) is 11.8. The van der Waals surface area contributed by atoms with Gasteiger partial charge in [-0.15, -0.1) is 0 Å². The smallest absolute Gasteiger partial charge is 0.271 e. The van der Waals surface area contributed by atoms with E-state index in [-0.39, 0.29) is 22.2 Å². The number of nitrogens with zero attached hydrogens (tertiary/aromatic N) is 2. The van der Waals surface area contributed by atoms with Crippen LogP contribution in [0.4, 0.5) is 5.69 Å². The van der Waals surface area contributed by atoms with Crippen LogP contribution in [0.5, 0.6) is 0 Å². The third-order valence-electron chi connectivity index (χ3n) is 2.67. The van der Waals surface area contributed by atoms with E-state index in [9.17, 15) is 18.5 Å². The van der Waals surface area contributed by atoms with Crippen molar-refractivity contribution in [2.45, 2.75) is 17.9 Å². The van der Waals surface area contributed by atoms with Crippen molar-refractivity contribution in [2.24, 2.45) is 0 Å². The van der Waals surface area contributed by atoms with Crippen LogP contribution in [-0.4, -0.2) is 42.4 Å². The number of aliphatic hydroxyl groups is 1. The number of halogens is 1. The highest BCUT2D eigenvalue weighted by atomic mass is 35.5. The molecule has 7 nitrogen and oxygen atoms in total. The monoisotopic (exact) mass is 308 g/mol. The number of hydrogen-bond acceptors (Lipinski definition) is 5. The summed E-state index contributed by atoms with van der Waals surface area (Å²) in [6.45, 7) is 1.18.